The first-order valence-electron chi connectivity index (χ1n) is 6.75. The van der Waals surface area contributed by atoms with Gasteiger partial charge >= 0.3 is 0 Å². The molecule has 1 atom stereocenters. The van der Waals surface area contributed by atoms with Gasteiger partial charge in [0.2, 0.25) is 0 Å². The minimum absolute atomic E-state index is 0.492. The van der Waals surface area contributed by atoms with Crippen LogP contribution in [0, 0.1) is 0 Å². The number of benzene rings is 1. The molecule has 0 aliphatic rings. The Bertz CT molecular complexity index is 350. The van der Waals surface area contributed by atoms with Crippen molar-refractivity contribution >= 4 is 15.9 Å². The highest BCUT2D eigenvalue weighted by atomic mass is 79.9. The van der Waals surface area contributed by atoms with E-state index < -0.39 is 6.10 Å². The van der Waals surface area contributed by atoms with Crippen LogP contribution in [0.1, 0.15) is 57.6 Å². The van der Waals surface area contributed by atoms with Crippen LogP contribution in [0.5, 0.6) is 5.75 Å². The zero-order chi connectivity index (χ0) is 13.4. The first-order chi connectivity index (χ1) is 8.65. The van der Waals surface area contributed by atoms with Gasteiger partial charge in [0.25, 0.3) is 0 Å². The lowest BCUT2D eigenvalue weighted by molar-refractivity contribution is 0.190. The van der Waals surface area contributed by atoms with Crippen molar-refractivity contribution < 1.29 is 9.84 Å². The summed E-state index contributed by atoms with van der Waals surface area (Å²) in [6.45, 7) is 4.70. The van der Waals surface area contributed by atoms with Crippen molar-refractivity contribution in [3.05, 3.63) is 28.2 Å². The predicted molar refractivity (Wildman–Crippen MR) is 79.0 cm³/mol. The molecule has 18 heavy (non-hydrogen) atoms. The molecule has 0 spiro atoms. The van der Waals surface area contributed by atoms with Crippen LogP contribution in [0.2, 0.25) is 0 Å². The van der Waals surface area contributed by atoms with Gasteiger partial charge in [-0.3, -0.25) is 0 Å². The highest BCUT2D eigenvalue weighted by Gasteiger charge is 2.09. The Morgan fingerprint density at radius 1 is 1.22 bits per heavy atom. The fourth-order valence-electron chi connectivity index (χ4n) is 1.87. The molecule has 0 aromatic heterocycles. The van der Waals surface area contributed by atoms with E-state index in [0.717, 1.165) is 28.8 Å². The van der Waals surface area contributed by atoms with E-state index in [0.29, 0.717) is 0 Å². The fraction of sp³-hybridized carbons (Fsp3) is 0.600. The van der Waals surface area contributed by atoms with Gasteiger partial charge < -0.3 is 9.84 Å². The SMILES string of the molecule is CCCCCCCOc1cc(Br)ccc1C(C)O. The summed E-state index contributed by atoms with van der Waals surface area (Å²) in [7, 11) is 0. The highest BCUT2D eigenvalue weighted by Crippen LogP contribution is 2.28. The molecule has 0 saturated carbocycles. The van der Waals surface area contributed by atoms with Crippen LogP contribution in [-0.4, -0.2) is 11.7 Å². The molecule has 3 heteroatoms. The molecule has 0 radical (unpaired) electrons. The zero-order valence-corrected chi connectivity index (χ0v) is 12.9. The summed E-state index contributed by atoms with van der Waals surface area (Å²) in [5.74, 6) is 0.787. The number of rotatable bonds is 8. The van der Waals surface area contributed by atoms with Gasteiger partial charge in [-0.2, -0.15) is 0 Å². The minimum Gasteiger partial charge on any atom is -0.493 e. The van der Waals surface area contributed by atoms with E-state index in [1.807, 2.05) is 18.2 Å². The molecule has 102 valence electrons. The molecule has 0 saturated heterocycles. The van der Waals surface area contributed by atoms with Crippen molar-refractivity contribution in [1.82, 2.24) is 0 Å². The average Bonchev–Trinajstić information content (AvgIpc) is 2.33. The lowest BCUT2D eigenvalue weighted by Gasteiger charge is -2.13. The quantitative estimate of drug-likeness (QED) is 0.695. The molecular formula is C15H23BrO2. The second-order valence-electron chi connectivity index (χ2n) is 4.62. The lowest BCUT2D eigenvalue weighted by Crippen LogP contribution is -2.02. The Balaban J connectivity index is 2.43. The van der Waals surface area contributed by atoms with E-state index in [1.165, 1.54) is 25.7 Å². The maximum atomic E-state index is 9.67. The van der Waals surface area contributed by atoms with Gasteiger partial charge in [-0.1, -0.05) is 54.6 Å². The van der Waals surface area contributed by atoms with Crippen LogP contribution >= 0.6 is 15.9 Å². The summed E-state index contributed by atoms with van der Waals surface area (Å²) < 4.78 is 6.75. The summed E-state index contributed by atoms with van der Waals surface area (Å²) in [6.07, 6.45) is 5.64. The van der Waals surface area contributed by atoms with Crippen LogP contribution in [0.4, 0.5) is 0 Å². The molecule has 0 bridgehead atoms. The highest BCUT2D eigenvalue weighted by molar-refractivity contribution is 9.10. The van der Waals surface area contributed by atoms with Gasteiger partial charge in [-0.05, 0) is 25.5 Å². The molecule has 0 aliphatic carbocycles. The molecule has 1 unspecified atom stereocenters. The number of aliphatic hydroxyl groups excluding tert-OH is 1. The number of hydrogen-bond donors (Lipinski definition) is 1. The summed E-state index contributed by atoms with van der Waals surface area (Å²) >= 11 is 3.43. The molecule has 1 N–H and O–H groups in total. The summed E-state index contributed by atoms with van der Waals surface area (Å²) in [4.78, 5) is 0. The molecule has 0 fully saturated rings. The summed E-state index contributed by atoms with van der Waals surface area (Å²) in [5.41, 5.74) is 0.853. The van der Waals surface area contributed by atoms with E-state index in [4.69, 9.17) is 4.74 Å². The number of halogens is 1. The average molecular weight is 315 g/mol. The lowest BCUT2D eigenvalue weighted by atomic mass is 10.1. The van der Waals surface area contributed by atoms with E-state index in [1.54, 1.807) is 6.92 Å². The number of aliphatic hydroxyl groups is 1. The maximum absolute atomic E-state index is 9.67. The normalized spacial score (nSPS) is 12.4. The largest absolute Gasteiger partial charge is 0.493 e. The zero-order valence-electron chi connectivity index (χ0n) is 11.3. The molecule has 0 amide bonds. The van der Waals surface area contributed by atoms with Gasteiger partial charge in [0.1, 0.15) is 5.75 Å². The monoisotopic (exact) mass is 314 g/mol. The topological polar surface area (TPSA) is 29.5 Å². The first kappa shape index (κ1) is 15.5. The van der Waals surface area contributed by atoms with Crippen LogP contribution in [0.25, 0.3) is 0 Å². The Labute approximate surface area is 118 Å². The Morgan fingerprint density at radius 2 is 1.94 bits per heavy atom. The molecule has 1 aromatic carbocycles. The van der Waals surface area contributed by atoms with Crippen molar-refractivity contribution in [3.8, 4) is 5.75 Å². The van der Waals surface area contributed by atoms with Crippen molar-refractivity contribution in [2.75, 3.05) is 6.61 Å². The minimum atomic E-state index is -0.492. The first-order valence-corrected chi connectivity index (χ1v) is 7.54. The van der Waals surface area contributed by atoms with Crippen LogP contribution in [0.3, 0.4) is 0 Å². The second-order valence-corrected chi connectivity index (χ2v) is 5.54. The number of unbranched alkanes of at least 4 members (excludes halogenated alkanes) is 4. The molecule has 1 rings (SSSR count). The van der Waals surface area contributed by atoms with Gasteiger partial charge in [-0.25, -0.2) is 0 Å². The van der Waals surface area contributed by atoms with Crippen LogP contribution in [-0.2, 0) is 0 Å². The van der Waals surface area contributed by atoms with Crippen molar-refractivity contribution in [1.29, 1.82) is 0 Å². The maximum Gasteiger partial charge on any atom is 0.126 e. The molecule has 0 aliphatic heterocycles. The van der Waals surface area contributed by atoms with Crippen molar-refractivity contribution in [2.24, 2.45) is 0 Å². The van der Waals surface area contributed by atoms with Crippen LogP contribution in [0.15, 0.2) is 22.7 Å². The Kier molecular flexibility index (Phi) is 7.36. The molecule has 1 aromatic rings. The molecule has 2 nitrogen and oxygen atoms in total. The third-order valence-electron chi connectivity index (χ3n) is 2.93. The number of ether oxygens (including phenoxy) is 1. The number of hydrogen-bond acceptors (Lipinski definition) is 2. The Morgan fingerprint density at radius 3 is 2.61 bits per heavy atom. The second kappa shape index (κ2) is 8.54. The third-order valence-corrected chi connectivity index (χ3v) is 3.42. The third kappa shape index (κ3) is 5.40. The van der Waals surface area contributed by atoms with Gasteiger partial charge in [0.15, 0.2) is 0 Å². The van der Waals surface area contributed by atoms with Gasteiger partial charge in [0, 0.05) is 10.0 Å². The summed E-state index contributed by atoms with van der Waals surface area (Å²) in [5, 5.41) is 9.67. The van der Waals surface area contributed by atoms with E-state index >= 15 is 0 Å². The summed E-state index contributed by atoms with van der Waals surface area (Å²) in [6, 6.07) is 5.76. The molecule has 0 heterocycles. The van der Waals surface area contributed by atoms with Crippen LogP contribution < -0.4 is 4.74 Å². The predicted octanol–water partition coefficient (Wildman–Crippen LogP) is 4.85. The standard InChI is InChI=1S/C15H23BrO2/c1-3-4-5-6-7-10-18-15-11-13(16)8-9-14(15)12(2)17/h8-9,11-12,17H,3-7,10H2,1-2H3. The Hall–Kier alpha value is -0.540. The fourth-order valence-corrected chi connectivity index (χ4v) is 2.21. The van der Waals surface area contributed by atoms with E-state index in [-0.39, 0.29) is 0 Å². The van der Waals surface area contributed by atoms with Gasteiger partial charge in [0.05, 0.1) is 12.7 Å². The van der Waals surface area contributed by atoms with Gasteiger partial charge in [-0.15, -0.1) is 0 Å². The van der Waals surface area contributed by atoms with Crippen molar-refractivity contribution in [3.63, 3.8) is 0 Å². The van der Waals surface area contributed by atoms with E-state index in [9.17, 15) is 5.11 Å². The van der Waals surface area contributed by atoms with Crippen molar-refractivity contribution in [2.45, 2.75) is 52.1 Å². The van der Waals surface area contributed by atoms with E-state index in [2.05, 4.69) is 22.9 Å². The molecular weight excluding hydrogens is 292 g/mol. The smallest absolute Gasteiger partial charge is 0.126 e.